The van der Waals surface area contributed by atoms with Gasteiger partial charge < -0.3 is 10.6 Å². The second-order valence-corrected chi connectivity index (χ2v) is 6.51. The van der Waals surface area contributed by atoms with Crippen molar-refractivity contribution in [3.8, 4) is 0 Å². The Balaban J connectivity index is 0.00000144. The topological polar surface area (TPSA) is 41.1 Å². The highest BCUT2D eigenvalue weighted by Gasteiger charge is 2.20. The summed E-state index contributed by atoms with van der Waals surface area (Å²) in [6, 6.07) is 4.04. The van der Waals surface area contributed by atoms with Crippen molar-refractivity contribution in [1.29, 1.82) is 0 Å². The van der Waals surface area contributed by atoms with E-state index in [1.807, 2.05) is 12.1 Å². The van der Waals surface area contributed by atoms with Crippen LogP contribution in [-0.4, -0.2) is 19.0 Å². The summed E-state index contributed by atoms with van der Waals surface area (Å²) in [5, 5.41) is 6.24. The standard InChI is InChI=1S/C11H15BrN2OS.ClH/c12-10-4-3-9(16-10)7-14-11(15)8-2-1-5-13-6-8;/h3-4,8,13H,1-2,5-7H2,(H,14,15);1H. The number of carbonyl (C=O) groups excluding carboxylic acids is 1. The Morgan fingerprint density at radius 3 is 3.00 bits per heavy atom. The monoisotopic (exact) mass is 338 g/mol. The van der Waals surface area contributed by atoms with Gasteiger partial charge in [-0.2, -0.15) is 0 Å². The number of thiophene rings is 1. The molecule has 2 rings (SSSR count). The van der Waals surface area contributed by atoms with E-state index in [0.717, 1.165) is 29.7 Å². The Bertz CT molecular complexity index is 366. The number of amides is 1. The zero-order valence-electron chi connectivity index (χ0n) is 9.37. The van der Waals surface area contributed by atoms with Crippen molar-refractivity contribution in [2.45, 2.75) is 19.4 Å². The van der Waals surface area contributed by atoms with Crippen molar-refractivity contribution >= 4 is 45.6 Å². The number of halogens is 2. The summed E-state index contributed by atoms with van der Waals surface area (Å²) in [5.41, 5.74) is 0. The summed E-state index contributed by atoms with van der Waals surface area (Å²) in [6.45, 7) is 2.51. The summed E-state index contributed by atoms with van der Waals surface area (Å²) in [7, 11) is 0. The van der Waals surface area contributed by atoms with Crippen molar-refractivity contribution < 1.29 is 4.79 Å². The summed E-state index contributed by atoms with van der Waals surface area (Å²) >= 11 is 5.07. The number of nitrogens with one attached hydrogen (secondary N) is 2. The van der Waals surface area contributed by atoms with Crippen LogP contribution in [0.4, 0.5) is 0 Å². The third kappa shape index (κ3) is 4.58. The van der Waals surface area contributed by atoms with Crippen LogP contribution in [0.5, 0.6) is 0 Å². The lowest BCUT2D eigenvalue weighted by molar-refractivity contribution is -0.125. The Labute approximate surface area is 120 Å². The van der Waals surface area contributed by atoms with E-state index in [1.165, 1.54) is 4.88 Å². The molecule has 96 valence electrons. The highest BCUT2D eigenvalue weighted by molar-refractivity contribution is 9.11. The van der Waals surface area contributed by atoms with Crippen molar-refractivity contribution in [3.63, 3.8) is 0 Å². The minimum Gasteiger partial charge on any atom is -0.351 e. The minimum absolute atomic E-state index is 0. The number of rotatable bonds is 3. The molecular formula is C11H16BrClN2OS. The molecule has 0 spiro atoms. The Kier molecular flexibility index (Phi) is 6.48. The third-order valence-electron chi connectivity index (χ3n) is 2.73. The lowest BCUT2D eigenvalue weighted by atomic mass is 9.99. The first-order valence-corrected chi connectivity index (χ1v) is 7.09. The van der Waals surface area contributed by atoms with Crippen LogP contribution in [0.1, 0.15) is 17.7 Å². The van der Waals surface area contributed by atoms with E-state index in [4.69, 9.17) is 0 Å². The van der Waals surface area contributed by atoms with Crippen molar-refractivity contribution in [3.05, 3.63) is 20.8 Å². The van der Waals surface area contributed by atoms with E-state index in [-0.39, 0.29) is 24.2 Å². The number of hydrogen-bond donors (Lipinski definition) is 2. The van der Waals surface area contributed by atoms with E-state index in [0.29, 0.717) is 6.54 Å². The molecule has 17 heavy (non-hydrogen) atoms. The number of carbonyl (C=O) groups is 1. The molecule has 1 atom stereocenters. The predicted octanol–water partition coefficient (Wildman–Crippen LogP) is 2.55. The van der Waals surface area contributed by atoms with Crippen molar-refractivity contribution in [2.24, 2.45) is 5.92 Å². The first-order chi connectivity index (χ1) is 7.75. The summed E-state index contributed by atoms with van der Waals surface area (Å²) in [4.78, 5) is 13.0. The fourth-order valence-corrected chi connectivity index (χ4v) is 3.26. The van der Waals surface area contributed by atoms with Gasteiger partial charge in [-0.1, -0.05) is 0 Å². The van der Waals surface area contributed by atoms with Crippen LogP contribution in [0, 0.1) is 5.92 Å². The van der Waals surface area contributed by atoms with Crippen molar-refractivity contribution in [1.82, 2.24) is 10.6 Å². The quantitative estimate of drug-likeness (QED) is 0.888. The first-order valence-electron chi connectivity index (χ1n) is 5.48. The smallest absolute Gasteiger partial charge is 0.224 e. The maximum Gasteiger partial charge on any atom is 0.224 e. The fraction of sp³-hybridized carbons (Fsp3) is 0.545. The van der Waals surface area contributed by atoms with Crippen LogP contribution in [0.3, 0.4) is 0 Å². The van der Waals surface area contributed by atoms with Gasteiger partial charge in [-0.3, -0.25) is 4.79 Å². The van der Waals surface area contributed by atoms with Gasteiger partial charge in [0.05, 0.1) is 16.2 Å². The molecule has 2 heterocycles. The maximum absolute atomic E-state index is 11.8. The molecule has 0 bridgehead atoms. The van der Waals surface area contributed by atoms with Crippen LogP contribution < -0.4 is 10.6 Å². The van der Waals surface area contributed by atoms with E-state index >= 15 is 0 Å². The van der Waals surface area contributed by atoms with Crippen LogP contribution in [0.2, 0.25) is 0 Å². The molecule has 6 heteroatoms. The van der Waals surface area contributed by atoms with Gasteiger partial charge in [-0.25, -0.2) is 0 Å². The van der Waals surface area contributed by atoms with Gasteiger partial charge >= 0.3 is 0 Å². The van der Waals surface area contributed by atoms with Crippen LogP contribution in [0.25, 0.3) is 0 Å². The third-order valence-corrected chi connectivity index (χ3v) is 4.36. The molecule has 1 amide bonds. The molecule has 1 fully saturated rings. The number of piperidine rings is 1. The second-order valence-electron chi connectivity index (χ2n) is 3.97. The molecule has 0 aliphatic carbocycles. The van der Waals surface area contributed by atoms with Gasteiger partial charge in [-0.05, 0) is 47.4 Å². The lowest BCUT2D eigenvalue weighted by Crippen LogP contribution is -2.40. The molecule has 0 radical (unpaired) electrons. The molecule has 1 aliphatic heterocycles. The van der Waals surface area contributed by atoms with Crippen LogP contribution in [0.15, 0.2) is 15.9 Å². The molecule has 1 saturated heterocycles. The zero-order valence-corrected chi connectivity index (χ0v) is 12.6. The molecule has 1 aromatic rings. The second kappa shape index (κ2) is 7.36. The SMILES string of the molecule is Cl.O=C(NCc1ccc(Br)s1)C1CCCNC1. The largest absolute Gasteiger partial charge is 0.351 e. The minimum atomic E-state index is 0. The molecule has 3 nitrogen and oxygen atoms in total. The Hall–Kier alpha value is -0.100. The first kappa shape index (κ1) is 15.0. The summed E-state index contributed by atoms with van der Waals surface area (Å²) < 4.78 is 1.11. The summed E-state index contributed by atoms with van der Waals surface area (Å²) in [5.74, 6) is 0.328. The average molecular weight is 340 g/mol. The van der Waals surface area contributed by atoms with Crippen LogP contribution >= 0.6 is 39.7 Å². The Morgan fingerprint density at radius 2 is 2.41 bits per heavy atom. The highest BCUT2D eigenvalue weighted by atomic mass is 79.9. The van der Waals surface area contributed by atoms with Crippen LogP contribution in [-0.2, 0) is 11.3 Å². The lowest BCUT2D eigenvalue weighted by Gasteiger charge is -2.21. The van der Waals surface area contributed by atoms with Gasteiger partial charge in [0, 0.05) is 11.4 Å². The normalized spacial score (nSPS) is 19.5. The van der Waals surface area contributed by atoms with Gasteiger partial charge in [-0.15, -0.1) is 23.7 Å². The Morgan fingerprint density at radius 1 is 1.59 bits per heavy atom. The highest BCUT2D eigenvalue weighted by Crippen LogP contribution is 2.21. The zero-order chi connectivity index (χ0) is 11.4. The molecule has 1 unspecified atom stereocenters. The molecule has 1 aromatic heterocycles. The van der Waals surface area contributed by atoms with E-state index < -0.39 is 0 Å². The predicted molar refractivity (Wildman–Crippen MR) is 76.7 cm³/mol. The van der Waals surface area contributed by atoms with Gasteiger partial charge in [0.1, 0.15) is 0 Å². The van der Waals surface area contributed by atoms with Gasteiger partial charge in [0.25, 0.3) is 0 Å². The van der Waals surface area contributed by atoms with Gasteiger partial charge in [0.2, 0.25) is 5.91 Å². The molecular weight excluding hydrogens is 324 g/mol. The molecule has 1 aliphatic rings. The molecule has 2 N–H and O–H groups in total. The van der Waals surface area contributed by atoms with Crippen molar-refractivity contribution in [2.75, 3.05) is 13.1 Å². The fourth-order valence-electron chi connectivity index (χ4n) is 1.84. The van der Waals surface area contributed by atoms with Gasteiger partial charge in [0.15, 0.2) is 0 Å². The molecule has 0 saturated carbocycles. The van der Waals surface area contributed by atoms with E-state index in [9.17, 15) is 4.79 Å². The summed E-state index contributed by atoms with van der Waals surface area (Å²) in [6.07, 6.45) is 2.11. The van der Waals surface area contributed by atoms with E-state index in [2.05, 4.69) is 26.6 Å². The number of hydrogen-bond acceptors (Lipinski definition) is 3. The molecule has 0 aromatic carbocycles. The maximum atomic E-state index is 11.8. The average Bonchev–Trinajstić information content (AvgIpc) is 2.73. The van der Waals surface area contributed by atoms with E-state index in [1.54, 1.807) is 11.3 Å².